The Morgan fingerprint density at radius 3 is 1.34 bits per heavy atom. The molecule has 0 aromatic heterocycles. The summed E-state index contributed by atoms with van der Waals surface area (Å²) in [5.74, 6) is -3.00. The second-order valence-corrected chi connectivity index (χ2v) is 6.56. The van der Waals surface area contributed by atoms with Gasteiger partial charge in [-0.25, -0.2) is 4.90 Å². The SMILES string of the molecule is CCC.CN1C(=O)C2(C1=O)C(=O)N(c1ccccc1)C2=O.CO.CO.Cc1ccccc1. The van der Waals surface area contributed by atoms with Crippen LogP contribution in [0.3, 0.4) is 0 Å². The molecule has 174 valence electrons. The Kier molecular flexibility index (Phi) is 12.4. The van der Waals surface area contributed by atoms with Crippen molar-refractivity contribution in [3.63, 3.8) is 0 Å². The van der Waals surface area contributed by atoms with Gasteiger partial charge in [-0.05, 0) is 19.1 Å². The van der Waals surface area contributed by atoms with Crippen LogP contribution in [0.15, 0.2) is 60.7 Å². The number of imide groups is 2. The first-order valence-corrected chi connectivity index (χ1v) is 10.0. The molecule has 0 atom stereocenters. The number of carbonyl (C=O) groups excluding carboxylic acids is 4. The van der Waals surface area contributed by atoms with Gasteiger partial charge in [-0.2, -0.15) is 0 Å². The number of nitrogens with zero attached hydrogens (tertiary/aromatic N) is 2. The Morgan fingerprint density at radius 2 is 1.03 bits per heavy atom. The van der Waals surface area contributed by atoms with Crippen LogP contribution in [0.1, 0.15) is 25.8 Å². The lowest BCUT2D eigenvalue weighted by molar-refractivity contribution is -0.184. The van der Waals surface area contributed by atoms with E-state index in [1.165, 1.54) is 19.0 Å². The summed E-state index contributed by atoms with van der Waals surface area (Å²) in [5, 5.41) is 14.0. The first-order chi connectivity index (χ1) is 15.3. The van der Waals surface area contributed by atoms with Crippen molar-refractivity contribution in [1.82, 2.24) is 4.90 Å². The fourth-order valence-corrected chi connectivity index (χ4v) is 2.81. The zero-order valence-corrected chi connectivity index (χ0v) is 19.4. The van der Waals surface area contributed by atoms with Crippen LogP contribution in [-0.2, 0) is 19.2 Å². The number of β-lactam (4-membered cyclic amide) rings is 4. The van der Waals surface area contributed by atoms with Crippen LogP contribution in [0.2, 0.25) is 0 Å². The molecule has 0 saturated carbocycles. The zero-order valence-electron chi connectivity index (χ0n) is 19.4. The van der Waals surface area contributed by atoms with Crippen LogP contribution in [0.4, 0.5) is 5.69 Å². The van der Waals surface area contributed by atoms with Gasteiger partial charge in [0.25, 0.3) is 29.0 Å². The Morgan fingerprint density at radius 1 is 0.688 bits per heavy atom. The van der Waals surface area contributed by atoms with Crippen molar-refractivity contribution < 1.29 is 29.4 Å². The number of amides is 4. The maximum absolute atomic E-state index is 12.0. The summed E-state index contributed by atoms with van der Waals surface area (Å²) in [6.07, 6.45) is 1.25. The number of carbonyl (C=O) groups is 4. The van der Waals surface area contributed by atoms with Gasteiger partial charge in [-0.1, -0.05) is 74.4 Å². The summed E-state index contributed by atoms with van der Waals surface area (Å²) in [6.45, 7) is 6.33. The van der Waals surface area contributed by atoms with E-state index in [1.54, 1.807) is 30.3 Å². The Bertz CT molecular complexity index is 850. The number of hydrogen-bond acceptors (Lipinski definition) is 6. The molecular formula is C24H32N2O6. The summed E-state index contributed by atoms with van der Waals surface area (Å²) < 4.78 is 0. The van der Waals surface area contributed by atoms with Crippen molar-refractivity contribution >= 4 is 29.3 Å². The van der Waals surface area contributed by atoms with Gasteiger partial charge in [0.15, 0.2) is 0 Å². The van der Waals surface area contributed by atoms with E-state index in [2.05, 4.69) is 32.9 Å². The third-order valence-corrected chi connectivity index (χ3v) is 4.25. The largest absolute Gasteiger partial charge is 0.400 e. The van der Waals surface area contributed by atoms with Crippen LogP contribution in [-0.4, -0.2) is 60.0 Å². The van der Waals surface area contributed by atoms with E-state index in [0.29, 0.717) is 5.69 Å². The van der Waals surface area contributed by atoms with Crippen LogP contribution in [0.25, 0.3) is 0 Å². The molecule has 4 rings (SSSR count). The smallest absolute Gasteiger partial charge is 0.285 e. The second-order valence-electron chi connectivity index (χ2n) is 6.56. The maximum atomic E-state index is 12.0. The van der Waals surface area contributed by atoms with Crippen molar-refractivity contribution in [2.24, 2.45) is 5.41 Å². The van der Waals surface area contributed by atoms with Gasteiger partial charge in [-0.15, -0.1) is 0 Å². The van der Waals surface area contributed by atoms with Gasteiger partial charge in [0.2, 0.25) is 0 Å². The molecule has 1 spiro atoms. The number of aliphatic hydroxyl groups is 2. The Balaban J connectivity index is 0.000000572. The highest BCUT2D eigenvalue weighted by Crippen LogP contribution is 2.45. The van der Waals surface area contributed by atoms with Gasteiger partial charge in [0.1, 0.15) is 0 Å². The van der Waals surface area contributed by atoms with E-state index in [-0.39, 0.29) is 0 Å². The molecular weight excluding hydrogens is 412 g/mol. The molecule has 2 aliphatic heterocycles. The molecule has 32 heavy (non-hydrogen) atoms. The lowest BCUT2D eigenvalue weighted by Gasteiger charge is -2.51. The zero-order chi connectivity index (χ0) is 24.9. The minimum Gasteiger partial charge on any atom is -0.400 e. The molecule has 0 radical (unpaired) electrons. The Hall–Kier alpha value is -3.36. The number of likely N-dealkylation sites (tertiary alicyclic amines) is 1. The first-order valence-electron chi connectivity index (χ1n) is 10.0. The summed E-state index contributed by atoms with van der Waals surface area (Å²) >= 11 is 0. The molecule has 2 aliphatic rings. The number of hydrogen-bond donors (Lipinski definition) is 2. The molecule has 4 amide bonds. The molecule has 0 aliphatic carbocycles. The molecule has 2 aromatic rings. The van der Waals surface area contributed by atoms with Crippen molar-refractivity contribution in [2.75, 3.05) is 26.2 Å². The van der Waals surface area contributed by atoms with Crippen molar-refractivity contribution in [1.29, 1.82) is 0 Å². The van der Waals surface area contributed by atoms with E-state index in [4.69, 9.17) is 10.2 Å². The highest BCUT2D eigenvalue weighted by atomic mass is 16.2. The lowest BCUT2D eigenvalue weighted by Crippen LogP contribution is -2.83. The van der Waals surface area contributed by atoms with Gasteiger partial charge >= 0.3 is 0 Å². The number of aliphatic hydroxyl groups excluding tert-OH is 2. The van der Waals surface area contributed by atoms with E-state index in [9.17, 15) is 19.2 Å². The van der Waals surface area contributed by atoms with Gasteiger partial charge in [0, 0.05) is 21.3 Å². The highest BCUT2D eigenvalue weighted by Gasteiger charge is 2.79. The molecule has 0 bridgehead atoms. The predicted octanol–water partition coefficient (Wildman–Crippen LogP) is 2.17. The molecule has 0 unspecified atom stereocenters. The minimum atomic E-state index is -2.08. The van der Waals surface area contributed by atoms with Crippen molar-refractivity contribution in [3.8, 4) is 0 Å². The second kappa shape index (κ2) is 13.8. The van der Waals surface area contributed by atoms with Crippen LogP contribution in [0, 0.1) is 12.3 Å². The maximum Gasteiger partial charge on any atom is 0.285 e. The van der Waals surface area contributed by atoms with E-state index >= 15 is 0 Å². The standard InChI is InChI=1S/C12H8N2O4.C7H8.C3H8.2CH4O/c1-13-8(15)12(9(13)16)10(17)14(11(12)18)7-5-3-2-4-6-7;1-7-5-3-2-4-6-7;1-3-2;2*1-2/h2-6H,1H3;2-6H,1H3;3H2,1-2H3;2*2H,1H3. The number of para-hydroxylation sites is 1. The monoisotopic (exact) mass is 444 g/mol. The summed E-state index contributed by atoms with van der Waals surface area (Å²) in [4.78, 5) is 48.8. The number of benzene rings is 2. The van der Waals surface area contributed by atoms with E-state index < -0.39 is 29.0 Å². The van der Waals surface area contributed by atoms with Crippen molar-refractivity contribution in [3.05, 3.63) is 66.2 Å². The fourth-order valence-electron chi connectivity index (χ4n) is 2.81. The summed E-state index contributed by atoms with van der Waals surface area (Å²) in [7, 11) is 3.25. The molecule has 2 N–H and O–H groups in total. The third-order valence-electron chi connectivity index (χ3n) is 4.25. The molecule has 2 fully saturated rings. The average molecular weight is 445 g/mol. The Labute approximate surface area is 189 Å². The van der Waals surface area contributed by atoms with Gasteiger partial charge < -0.3 is 10.2 Å². The number of anilines is 1. The summed E-state index contributed by atoms with van der Waals surface area (Å²) in [6, 6.07) is 18.5. The average Bonchev–Trinajstić information content (AvgIpc) is 2.84. The normalized spacial score (nSPS) is 14.8. The van der Waals surface area contributed by atoms with E-state index in [1.807, 2.05) is 18.2 Å². The van der Waals surface area contributed by atoms with Gasteiger partial charge in [0.05, 0.1) is 5.69 Å². The van der Waals surface area contributed by atoms with Gasteiger partial charge in [-0.3, -0.25) is 24.1 Å². The molecule has 2 aromatic carbocycles. The topological polar surface area (TPSA) is 115 Å². The molecule has 2 heterocycles. The molecule has 2 saturated heterocycles. The predicted molar refractivity (Wildman–Crippen MR) is 123 cm³/mol. The lowest BCUT2D eigenvalue weighted by atomic mass is 9.69. The fraction of sp³-hybridized carbons (Fsp3) is 0.333. The number of rotatable bonds is 1. The third kappa shape index (κ3) is 5.46. The highest BCUT2D eigenvalue weighted by molar-refractivity contribution is 6.59. The van der Waals surface area contributed by atoms with Crippen LogP contribution >= 0.6 is 0 Å². The minimum absolute atomic E-state index is 0.369. The van der Waals surface area contributed by atoms with Crippen molar-refractivity contribution in [2.45, 2.75) is 27.2 Å². The summed E-state index contributed by atoms with van der Waals surface area (Å²) in [5.41, 5.74) is -0.388. The van der Waals surface area contributed by atoms with E-state index in [0.717, 1.165) is 24.0 Å². The molecule has 8 nitrogen and oxygen atoms in total. The van der Waals surface area contributed by atoms with Crippen LogP contribution < -0.4 is 4.90 Å². The first kappa shape index (κ1) is 28.6. The van der Waals surface area contributed by atoms with Crippen LogP contribution in [0.5, 0.6) is 0 Å². The molecule has 8 heteroatoms. The number of aryl methyl sites for hydroxylation is 1. The quantitative estimate of drug-likeness (QED) is 0.515.